The van der Waals surface area contributed by atoms with Crippen molar-refractivity contribution in [3.8, 4) is 11.5 Å². The maximum Gasteiger partial charge on any atom is 0.255 e. The summed E-state index contributed by atoms with van der Waals surface area (Å²) in [7, 11) is 1.63. The van der Waals surface area contributed by atoms with Gasteiger partial charge < -0.3 is 24.3 Å². The molecule has 0 aliphatic carbocycles. The number of carbonyl (C=O) groups is 2. The van der Waals surface area contributed by atoms with Gasteiger partial charge in [0, 0.05) is 34.9 Å². The fourth-order valence-electron chi connectivity index (χ4n) is 6.17. The van der Waals surface area contributed by atoms with E-state index in [1.165, 1.54) is 0 Å². The van der Waals surface area contributed by atoms with E-state index in [4.69, 9.17) is 21.1 Å². The van der Waals surface area contributed by atoms with Crippen LogP contribution in [-0.4, -0.2) is 53.4 Å². The highest BCUT2D eigenvalue weighted by molar-refractivity contribution is 6.31. The van der Waals surface area contributed by atoms with Crippen molar-refractivity contribution < 1.29 is 19.1 Å². The van der Waals surface area contributed by atoms with Gasteiger partial charge in [0.15, 0.2) is 17.0 Å². The number of para-hydroxylation sites is 1. The van der Waals surface area contributed by atoms with Gasteiger partial charge in [-0.05, 0) is 54.3 Å². The topological polar surface area (TPSA) is 74.9 Å². The zero-order valence-corrected chi connectivity index (χ0v) is 23.6. The number of carbonyl (C=O) groups excluding carboxylic acids is 2. The van der Waals surface area contributed by atoms with Crippen molar-refractivity contribution in [2.45, 2.75) is 38.3 Å². The largest absolute Gasteiger partial charge is 0.493 e. The molecule has 7 nitrogen and oxygen atoms in total. The summed E-state index contributed by atoms with van der Waals surface area (Å²) < 4.78 is 11.6. The molecule has 3 aromatic carbocycles. The number of methoxy groups -OCH3 is 1. The van der Waals surface area contributed by atoms with Gasteiger partial charge in [0.05, 0.1) is 19.4 Å². The summed E-state index contributed by atoms with van der Waals surface area (Å²) in [5.41, 5.74) is 3.32. The molecule has 0 radical (unpaired) electrons. The predicted molar refractivity (Wildman–Crippen MR) is 155 cm³/mol. The third-order valence-electron chi connectivity index (χ3n) is 8.19. The number of benzene rings is 3. The third-order valence-corrected chi connectivity index (χ3v) is 8.56. The summed E-state index contributed by atoms with van der Waals surface area (Å²) >= 11 is 6.43. The minimum Gasteiger partial charge on any atom is -0.493 e. The molecule has 206 valence electrons. The van der Waals surface area contributed by atoms with Crippen molar-refractivity contribution in [1.82, 2.24) is 14.8 Å². The highest BCUT2D eigenvalue weighted by Gasteiger charge is 2.56. The zero-order valence-electron chi connectivity index (χ0n) is 22.9. The van der Waals surface area contributed by atoms with Crippen molar-refractivity contribution in [2.75, 3.05) is 26.8 Å². The lowest BCUT2D eigenvalue weighted by molar-refractivity contribution is -0.166. The molecular weight excluding hydrogens is 526 g/mol. The molecule has 1 aromatic heterocycles. The predicted octanol–water partition coefficient (Wildman–Crippen LogP) is 5.85. The summed E-state index contributed by atoms with van der Waals surface area (Å²) in [5, 5.41) is 1.61. The monoisotopic (exact) mass is 557 g/mol. The van der Waals surface area contributed by atoms with Gasteiger partial charge in [-0.25, -0.2) is 0 Å². The SMILES string of the molecule is CCCOc1ccc(C2CN3C(=O)CN(Cc4ccccc4Cl)C(=O)C3(C)c3[nH]c4ccccc4c32)cc1OC. The Labute approximate surface area is 238 Å². The summed E-state index contributed by atoms with van der Waals surface area (Å²) in [6, 6.07) is 21.4. The number of hydrogen-bond acceptors (Lipinski definition) is 4. The van der Waals surface area contributed by atoms with E-state index < -0.39 is 5.54 Å². The Morgan fingerprint density at radius 2 is 1.82 bits per heavy atom. The van der Waals surface area contributed by atoms with Gasteiger partial charge in [-0.15, -0.1) is 0 Å². The first kappa shape index (κ1) is 26.3. The van der Waals surface area contributed by atoms with Crippen LogP contribution in [0.3, 0.4) is 0 Å². The van der Waals surface area contributed by atoms with Crippen LogP contribution in [0.25, 0.3) is 10.9 Å². The maximum absolute atomic E-state index is 14.3. The van der Waals surface area contributed by atoms with E-state index in [1.54, 1.807) is 23.0 Å². The first-order valence-corrected chi connectivity index (χ1v) is 14.0. The van der Waals surface area contributed by atoms with Crippen LogP contribution < -0.4 is 9.47 Å². The number of halogens is 1. The number of piperazine rings is 1. The zero-order chi connectivity index (χ0) is 28.0. The number of H-pyrrole nitrogens is 1. The molecule has 6 rings (SSSR count). The van der Waals surface area contributed by atoms with Crippen molar-refractivity contribution in [2.24, 2.45) is 0 Å². The summed E-state index contributed by atoms with van der Waals surface area (Å²) in [6.45, 7) is 5.15. The molecular formula is C32H32ClN3O4. The van der Waals surface area contributed by atoms with E-state index in [1.807, 2.05) is 61.5 Å². The molecule has 0 saturated carbocycles. The number of fused-ring (bicyclic) bond motifs is 5. The molecule has 1 saturated heterocycles. The van der Waals surface area contributed by atoms with Crippen molar-refractivity contribution in [1.29, 1.82) is 0 Å². The van der Waals surface area contributed by atoms with Crippen LogP contribution in [0.4, 0.5) is 0 Å². The van der Waals surface area contributed by atoms with Gasteiger partial charge in [0.1, 0.15) is 6.54 Å². The smallest absolute Gasteiger partial charge is 0.255 e. The van der Waals surface area contributed by atoms with E-state index in [0.717, 1.165) is 39.7 Å². The van der Waals surface area contributed by atoms with Crippen LogP contribution in [0.2, 0.25) is 5.02 Å². The Hall–Kier alpha value is -3.97. The third kappa shape index (κ3) is 4.11. The van der Waals surface area contributed by atoms with Crippen LogP contribution >= 0.6 is 11.6 Å². The fourth-order valence-corrected chi connectivity index (χ4v) is 6.36. The lowest BCUT2D eigenvalue weighted by Crippen LogP contribution is -2.67. The molecule has 2 aliphatic rings. The van der Waals surface area contributed by atoms with Crippen molar-refractivity contribution in [3.63, 3.8) is 0 Å². The van der Waals surface area contributed by atoms with Crippen LogP contribution in [0.1, 0.15) is 48.6 Å². The number of amides is 2. The molecule has 2 unspecified atom stereocenters. The molecule has 8 heteroatoms. The quantitative estimate of drug-likeness (QED) is 0.309. The molecule has 2 amide bonds. The van der Waals surface area contributed by atoms with E-state index in [0.29, 0.717) is 29.7 Å². The molecule has 2 atom stereocenters. The van der Waals surface area contributed by atoms with E-state index in [-0.39, 0.29) is 30.8 Å². The van der Waals surface area contributed by atoms with Crippen molar-refractivity contribution >= 4 is 34.3 Å². The molecule has 1 fully saturated rings. The van der Waals surface area contributed by atoms with E-state index in [2.05, 4.69) is 18.0 Å². The molecule has 2 aliphatic heterocycles. The standard InChI is InChI=1S/C32H32ClN3O4/c1-4-15-40-26-14-13-20(16-27(26)39-3)23-18-36-28(37)19-35(17-21-9-5-7-11-24(21)33)31(38)32(36,2)30-29(23)22-10-6-8-12-25(22)34-30/h5-14,16,23,34H,4,15,17-19H2,1-3H3. The summed E-state index contributed by atoms with van der Waals surface area (Å²) in [4.78, 5) is 35.0. The summed E-state index contributed by atoms with van der Waals surface area (Å²) in [6.07, 6.45) is 0.892. The molecule has 40 heavy (non-hydrogen) atoms. The first-order chi connectivity index (χ1) is 19.4. The average Bonchev–Trinajstić information content (AvgIpc) is 3.37. The second-order valence-corrected chi connectivity index (χ2v) is 11.0. The Morgan fingerprint density at radius 3 is 2.60 bits per heavy atom. The fraction of sp³-hybridized carbons (Fsp3) is 0.312. The normalized spacial score (nSPS) is 20.4. The van der Waals surface area contributed by atoms with Crippen molar-refractivity contribution in [3.05, 3.63) is 94.1 Å². The Morgan fingerprint density at radius 1 is 1.05 bits per heavy atom. The van der Waals surface area contributed by atoms with Crippen LogP contribution in [0.15, 0.2) is 66.7 Å². The molecule has 0 bridgehead atoms. The molecule has 3 heterocycles. The van der Waals surface area contributed by atoms with Gasteiger partial charge in [0.25, 0.3) is 5.91 Å². The number of nitrogens with one attached hydrogen (secondary N) is 1. The Bertz CT molecular complexity index is 1620. The number of aromatic nitrogens is 1. The van der Waals surface area contributed by atoms with E-state index >= 15 is 0 Å². The van der Waals surface area contributed by atoms with Crippen LogP contribution in [-0.2, 0) is 21.7 Å². The van der Waals surface area contributed by atoms with Crippen LogP contribution in [0.5, 0.6) is 11.5 Å². The average molecular weight is 558 g/mol. The molecule has 0 spiro atoms. The maximum atomic E-state index is 14.3. The second-order valence-electron chi connectivity index (χ2n) is 10.6. The van der Waals surface area contributed by atoms with Crippen LogP contribution in [0, 0.1) is 0 Å². The van der Waals surface area contributed by atoms with E-state index in [9.17, 15) is 9.59 Å². The Kier molecular flexibility index (Phi) is 6.70. The Balaban J connectivity index is 1.47. The minimum absolute atomic E-state index is 0.00492. The second kappa shape index (κ2) is 10.2. The number of hydrogen-bond donors (Lipinski definition) is 1. The van der Waals surface area contributed by atoms with Gasteiger partial charge in [0.2, 0.25) is 5.91 Å². The van der Waals surface area contributed by atoms with Gasteiger partial charge in [-0.2, -0.15) is 0 Å². The minimum atomic E-state index is -1.18. The van der Waals surface area contributed by atoms with Gasteiger partial charge in [-0.1, -0.05) is 61.0 Å². The number of rotatable bonds is 7. The number of aromatic amines is 1. The van der Waals surface area contributed by atoms with Gasteiger partial charge in [-0.3, -0.25) is 9.59 Å². The van der Waals surface area contributed by atoms with Gasteiger partial charge >= 0.3 is 0 Å². The highest BCUT2D eigenvalue weighted by Crippen LogP contribution is 2.49. The molecule has 1 N–H and O–H groups in total. The molecule has 4 aromatic rings. The number of ether oxygens (including phenoxy) is 2. The summed E-state index contributed by atoms with van der Waals surface area (Å²) in [5.74, 6) is 0.942. The highest BCUT2D eigenvalue weighted by atomic mass is 35.5. The lowest BCUT2D eigenvalue weighted by atomic mass is 9.76. The first-order valence-electron chi connectivity index (χ1n) is 13.6. The lowest BCUT2D eigenvalue weighted by Gasteiger charge is -2.51. The number of nitrogens with zero attached hydrogens (tertiary/aromatic N) is 2.